The number of fused-ring (bicyclic) bond motifs is 4. The highest BCUT2D eigenvalue weighted by Crippen LogP contribution is 2.31. The second-order valence-corrected chi connectivity index (χ2v) is 9.11. The Hall–Kier alpha value is -4.02. The first-order chi connectivity index (χ1) is 17.3. The molecular formula is C25H26FN5O5. The summed E-state index contributed by atoms with van der Waals surface area (Å²) < 4.78 is 24.8. The Kier molecular flexibility index (Phi) is 6.29. The van der Waals surface area contributed by atoms with Gasteiger partial charge in [0, 0.05) is 30.7 Å². The number of aryl methyl sites for hydroxylation is 2. The number of amides is 3. The van der Waals surface area contributed by atoms with Crippen molar-refractivity contribution in [3.63, 3.8) is 0 Å². The molecule has 2 atom stereocenters. The van der Waals surface area contributed by atoms with E-state index in [0.717, 1.165) is 6.07 Å². The molecule has 1 saturated heterocycles. The third kappa shape index (κ3) is 4.48. The van der Waals surface area contributed by atoms with Gasteiger partial charge < -0.3 is 24.8 Å². The van der Waals surface area contributed by atoms with Crippen LogP contribution in [-0.2, 0) is 4.79 Å². The zero-order valence-electron chi connectivity index (χ0n) is 20.0. The zero-order valence-corrected chi connectivity index (χ0v) is 20.0. The van der Waals surface area contributed by atoms with Crippen molar-refractivity contribution in [2.45, 2.75) is 45.2 Å². The fraction of sp³-hybridized carbons (Fsp3) is 0.400. The molecule has 2 aliphatic heterocycles. The maximum absolute atomic E-state index is 14.0. The van der Waals surface area contributed by atoms with E-state index < -0.39 is 11.7 Å². The number of carbonyl (C=O) groups is 3. The van der Waals surface area contributed by atoms with E-state index in [1.807, 2.05) is 0 Å². The molecule has 11 heteroatoms. The Morgan fingerprint density at radius 3 is 2.78 bits per heavy atom. The fourth-order valence-corrected chi connectivity index (χ4v) is 4.97. The average Bonchev–Trinajstić information content (AvgIpc) is 3.42. The Morgan fingerprint density at radius 2 is 1.94 bits per heavy atom. The van der Waals surface area contributed by atoms with E-state index in [0.29, 0.717) is 35.2 Å². The van der Waals surface area contributed by atoms with Crippen molar-refractivity contribution in [1.82, 2.24) is 25.7 Å². The van der Waals surface area contributed by atoms with Crippen LogP contribution in [0.3, 0.4) is 0 Å². The van der Waals surface area contributed by atoms with E-state index in [2.05, 4.69) is 20.8 Å². The number of nitrogens with one attached hydrogen (secondary N) is 2. The van der Waals surface area contributed by atoms with Gasteiger partial charge in [0.25, 0.3) is 17.5 Å². The van der Waals surface area contributed by atoms with Gasteiger partial charge in [-0.05, 0) is 51.0 Å². The van der Waals surface area contributed by atoms with Crippen LogP contribution >= 0.6 is 0 Å². The van der Waals surface area contributed by atoms with Crippen LogP contribution in [0.2, 0.25) is 0 Å². The van der Waals surface area contributed by atoms with Gasteiger partial charge >= 0.3 is 0 Å². The molecule has 10 nitrogen and oxygen atoms in total. The van der Waals surface area contributed by atoms with E-state index in [9.17, 15) is 18.8 Å². The van der Waals surface area contributed by atoms with E-state index in [4.69, 9.17) is 9.26 Å². The van der Waals surface area contributed by atoms with Crippen molar-refractivity contribution in [2.75, 3.05) is 19.7 Å². The average molecular weight is 496 g/mol. The summed E-state index contributed by atoms with van der Waals surface area (Å²) in [5, 5.41) is 10.1. The fourth-order valence-electron chi connectivity index (χ4n) is 4.97. The molecule has 5 rings (SSSR count). The number of halogens is 1. The van der Waals surface area contributed by atoms with Gasteiger partial charge in [0.2, 0.25) is 5.91 Å². The lowest BCUT2D eigenvalue weighted by Gasteiger charge is -2.31. The second kappa shape index (κ2) is 9.56. The van der Waals surface area contributed by atoms with Crippen LogP contribution in [0.5, 0.6) is 5.75 Å². The molecule has 3 aromatic rings. The number of benzene rings is 1. The van der Waals surface area contributed by atoms with Crippen LogP contribution in [-0.4, -0.2) is 64.5 Å². The number of hydrogen-bond donors (Lipinski definition) is 2. The summed E-state index contributed by atoms with van der Waals surface area (Å²) in [5.74, 6) is -1.35. The molecule has 1 fully saturated rings. The van der Waals surface area contributed by atoms with Crippen molar-refractivity contribution in [3.05, 3.63) is 52.6 Å². The second-order valence-electron chi connectivity index (χ2n) is 9.11. The molecule has 0 radical (unpaired) electrons. The van der Waals surface area contributed by atoms with Gasteiger partial charge in [0.15, 0.2) is 0 Å². The van der Waals surface area contributed by atoms with Crippen LogP contribution in [0.1, 0.15) is 51.4 Å². The first-order valence-corrected chi connectivity index (χ1v) is 11.9. The lowest BCUT2D eigenvalue weighted by Crippen LogP contribution is -2.48. The number of carbonyl (C=O) groups excluding carboxylic acids is 3. The van der Waals surface area contributed by atoms with Crippen LogP contribution < -0.4 is 15.4 Å². The third-order valence-corrected chi connectivity index (χ3v) is 6.62. The summed E-state index contributed by atoms with van der Waals surface area (Å²) in [6.07, 6.45) is 1.30. The van der Waals surface area contributed by atoms with Gasteiger partial charge in [0.1, 0.15) is 18.2 Å². The van der Waals surface area contributed by atoms with E-state index in [-0.39, 0.29) is 67.0 Å². The molecule has 0 spiro atoms. The van der Waals surface area contributed by atoms with Gasteiger partial charge in [-0.3, -0.25) is 14.4 Å². The molecule has 2 aliphatic rings. The van der Waals surface area contributed by atoms with Gasteiger partial charge in [-0.2, -0.15) is 0 Å². The standard InChI is InChI=1S/C25H26FN5O5/c1-13-9-19(22-14(2)30-36-24(22)29-13)25(34)31-16-4-5-17(31)12-28-23(33)18-10-15(26)3-6-20(18)35-8-7-27-21(32)11-16/h3,6,9-10,16-17H,4-5,7-8,11-12H2,1-2H3,(H,27,32)(H,28,33)/t16-,17+/m0/s1. The lowest BCUT2D eigenvalue weighted by atomic mass is 10.1. The summed E-state index contributed by atoms with van der Waals surface area (Å²) in [4.78, 5) is 45.6. The predicted octanol–water partition coefficient (Wildman–Crippen LogP) is 2.28. The normalized spacial score (nSPS) is 20.8. The Morgan fingerprint density at radius 1 is 1.14 bits per heavy atom. The summed E-state index contributed by atoms with van der Waals surface area (Å²) in [7, 11) is 0. The van der Waals surface area contributed by atoms with Crippen molar-refractivity contribution >= 4 is 28.8 Å². The number of hydrogen-bond acceptors (Lipinski definition) is 7. The topological polar surface area (TPSA) is 127 Å². The van der Waals surface area contributed by atoms with Gasteiger partial charge in [0.05, 0.1) is 28.8 Å². The Balaban J connectivity index is 1.50. The van der Waals surface area contributed by atoms with E-state index in [1.54, 1.807) is 24.8 Å². The number of aromatic nitrogens is 2. The first-order valence-electron chi connectivity index (χ1n) is 11.9. The van der Waals surface area contributed by atoms with E-state index >= 15 is 0 Å². The maximum Gasteiger partial charge on any atom is 0.258 e. The summed E-state index contributed by atoms with van der Waals surface area (Å²) in [5.41, 5.74) is 1.86. The van der Waals surface area contributed by atoms with E-state index in [1.165, 1.54) is 12.1 Å². The molecular weight excluding hydrogens is 469 g/mol. The molecule has 4 heterocycles. The van der Waals surface area contributed by atoms with Gasteiger partial charge in [-0.1, -0.05) is 5.16 Å². The first kappa shape index (κ1) is 23.7. The van der Waals surface area contributed by atoms with Crippen molar-refractivity contribution in [3.8, 4) is 5.75 Å². The molecule has 3 amide bonds. The molecule has 2 aromatic heterocycles. The van der Waals surface area contributed by atoms with Gasteiger partial charge in [-0.15, -0.1) is 0 Å². The molecule has 2 N–H and O–H groups in total. The van der Waals surface area contributed by atoms with Crippen LogP contribution in [0, 0.1) is 19.7 Å². The summed E-state index contributed by atoms with van der Waals surface area (Å²) in [6.45, 7) is 3.94. The number of pyridine rings is 1. The Labute approximate surface area is 206 Å². The Bertz CT molecular complexity index is 1360. The number of nitrogens with zero attached hydrogens (tertiary/aromatic N) is 3. The highest BCUT2D eigenvalue weighted by molar-refractivity contribution is 6.06. The maximum atomic E-state index is 14.0. The van der Waals surface area contributed by atoms with Crippen molar-refractivity contribution < 1.29 is 28.0 Å². The predicted molar refractivity (Wildman–Crippen MR) is 126 cm³/mol. The SMILES string of the molecule is Cc1cc(C(=O)N2[C@@H]3CC[C@H]2CC(=O)NCCOc2ccc(F)cc2C(=O)NC3)c2c(C)noc2n1. The molecule has 0 saturated carbocycles. The molecule has 0 unspecified atom stereocenters. The zero-order chi connectivity index (χ0) is 25.4. The molecule has 188 valence electrons. The van der Waals surface area contributed by atoms with Gasteiger partial charge in [-0.25, -0.2) is 9.37 Å². The lowest BCUT2D eigenvalue weighted by molar-refractivity contribution is -0.122. The molecule has 2 bridgehead atoms. The molecule has 0 aliphatic carbocycles. The largest absolute Gasteiger partial charge is 0.491 e. The highest BCUT2D eigenvalue weighted by Gasteiger charge is 2.39. The third-order valence-electron chi connectivity index (χ3n) is 6.62. The summed E-state index contributed by atoms with van der Waals surface area (Å²) >= 11 is 0. The monoisotopic (exact) mass is 495 g/mol. The minimum atomic E-state index is -0.569. The highest BCUT2D eigenvalue weighted by atomic mass is 19.1. The quantitative estimate of drug-likeness (QED) is 0.530. The molecule has 36 heavy (non-hydrogen) atoms. The molecule has 1 aromatic carbocycles. The van der Waals surface area contributed by atoms with Crippen molar-refractivity contribution in [2.24, 2.45) is 0 Å². The number of ether oxygens (including phenoxy) is 1. The minimum Gasteiger partial charge on any atom is -0.491 e. The van der Waals surface area contributed by atoms with Crippen LogP contribution in [0.25, 0.3) is 11.1 Å². The van der Waals surface area contributed by atoms with Crippen LogP contribution in [0.15, 0.2) is 28.8 Å². The number of rotatable bonds is 1. The van der Waals surface area contributed by atoms with Crippen molar-refractivity contribution in [1.29, 1.82) is 0 Å². The smallest absolute Gasteiger partial charge is 0.258 e. The summed E-state index contributed by atoms with van der Waals surface area (Å²) in [6, 6.07) is 4.66. The minimum absolute atomic E-state index is 0.0531. The van der Waals surface area contributed by atoms with Crippen LogP contribution in [0.4, 0.5) is 4.39 Å².